The van der Waals surface area contributed by atoms with Gasteiger partial charge in [0.2, 0.25) is 5.91 Å². The summed E-state index contributed by atoms with van der Waals surface area (Å²) >= 11 is 0. The van der Waals surface area contributed by atoms with E-state index >= 15 is 0 Å². The highest BCUT2D eigenvalue weighted by Gasteiger charge is 2.49. The lowest BCUT2D eigenvalue weighted by Crippen LogP contribution is -2.49. The molecule has 3 heterocycles. The van der Waals surface area contributed by atoms with Crippen molar-refractivity contribution in [2.75, 3.05) is 24.5 Å². The van der Waals surface area contributed by atoms with E-state index in [9.17, 15) is 13.6 Å². The van der Waals surface area contributed by atoms with Crippen molar-refractivity contribution < 1.29 is 18.0 Å². The molecule has 2 aromatic carbocycles. The zero-order chi connectivity index (χ0) is 20.0. The maximum Gasteiger partial charge on any atom is 0.298 e. The molecule has 2 aliphatic rings. The van der Waals surface area contributed by atoms with Crippen LogP contribution in [0.3, 0.4) is 0 Å². The third-order valence-corrected chi connectivity index (χ3v) is 6.12. The van der Waals surface area contributed by atoms with Crippen LogP contribution in [-0.4, -0.2) is 35.4 Å². The number of hydrogen-bond donors (Lipinski definition) is 0. The van der Waals surface area contributed by atoms with Crippen molar-refractivity contribution in [1.29, 1.82) is 0 Å². The molecule has 1 spiro atoms. The van der Waals surface area contributed by atoms with Gasteiger partial charge >= 0.3 is 0 Å². The Bertz CT molecular complexity index is 1050. The number of nitrogens with zero attached hydrogens (tertiary/aromatic N) is 3. The molecule has 0 saturated carbocycles. The summed E-state index contributed by atoms with van der Waals surface area (Å²) < 4.78 is 33.5. The van der Waals surface area contributed by atoms with Crippen molar-refractivity contribution in [3.63, 3.8) is 0 Å². The van der Waals surface area contributed by atoms with Gasteiger partial charge in [0.1, 0.15) is 5.52 Å². The van der Waals surface area contributed by atoms with E-state index in [0.717, 1.165) is 30.0 Å². The maximum atomic E-state index is 14.1. The number of carbonyl (C=O) groups is 1. The molecule has 5 nitrogen and oxygen atoms in total. The lowest BCUT2D eigenvalue weighted by Gasteiger charge is -2.39. The van der Waals surface area contributed by atoms with Crippen LogP contribution >= 0.6 is 0 Å². The van der Waals surface area contributed by atoms with Crippen LogP contribution in [0.4, 0.5) is 14.8 Å². The topological polar surface area (TPSA) is 49.6 Å². The molecular formula is C22H21F2N3O2. The van der Waals surface area contributed by atoms with Gasteiger partial charge in [0.25, 0.3) is 6.01 Å². The van der Waals surface area contributed by atoms with Crippen molar-refractivity contribution in [1.82, 2.24) is 9.88 Å². The molecule has 2 saturated heterocycles. The summed E-state index contributed by atoms with van der Waals surface area (Å²) in [4.78, 5) is 21.6. The molecular weight excluding hydrogens is 376 g/mol. The summed E-state index contributed by atoms with van der Waals surface area (Å²) in [5.41, 5.74) is 1.20. The number of piperidine rings is 1. The summed E-state index contributed by atoms with van der Waals surface area (Å²) in [7, 11) is 0. The molecule has 5 rings (SSSR count). The van der Waals surface area contributed by atoms with Crippen molar-refractivity contribution >= 4 is 23.0 Å². The Morgan fingerprint density at radius 1 is 1.07 bits per heavy atom. The van der Waals surface area contributed by atoms with E-state index in [1.807, 2.05) is 29.2 Å². The molecule has 7 heteroatoms. The van der Waals surface area contributed by atoms with E-state index in [1.54, 1.807) is 4.90 Å². The SMILES string of the molecule is O=C1N(Cc2cccc(F)c2F)CCCC12CCN(c1nc3ccccc3o1)C2. The number of anilines is 1. The Morgan fingerprint density at radius 2 is 1.93 bits per heavy atom. The number of amides is 1. The fraction of sp³-hybridized carbons (Fsp3) is 0.364. The highest BCUT2D eigenvalue weighted by Crippen LogP contribution is 2.42. The van der Waals surface area contributed by atoms with Crippen molar-refractivity contribution in [3.8, 4) is 0 Å². The Kier molecular flexibility index (Phi) is 4.26. The van der Waals surface area contributed by atoms with Crippen LogP contribution in [0.15, 0.2) is 46.9 Å². The van der Waals surface area contributed by atoms with E-state index in [1.165, 1.54) is 12.1 Å². The van der Waals surface area contributed by atoms with Crippen molar-refractivity contribution in [3.05, 3.63) is 59.7 Å². The van der Waals surface area contributed by atoms with Crippen LogP contribution < -0.4 is 4.90 Å². The average Bonchev–Trinajstić information content (AvgIpc) is 3.34. The van der Waals surface area contributed by atoms with E-state index in [-0.39, 0.29) is 18.0 Å². The number of aromatic nitrogens is 1. The standard InChI is InChI=1S/C22H21F2N3O2/c23-16-6-3-5-15(19(16)24)13-26-11-4-9-22(20(26)28)10-12-27(14-22)21-25-17-7-1-2-8-18(17)29-21/h1-3,5-8H,4,9-14H2. The van der Waals surface area contributed by atoms with Crippen LogP contribution in [0.5, 0.6) is 0 Å². The largest absolute Gasteiger partial charge is 0.423 e. The molecule has 0 N–H and O–H groups in total. The summed E-state index contributed by atoms with van der Waals surface area (Å²) in [6.07, 6.45) is 2.32. The number of rotatable bonds is 3. The minimum atomic E-state index is -0.885. The normalized spacial score (nSPS) is 22.2. The van der Waals surface area contributed by atoms with Crippen molar-refractivity contribution in [2.24, 2.45) is 5.41 Å². The van der Waals surface area contributed by atoms with Gasteiger partial charge in [-0.3, -0.25) is 4.79 Å². The van der Waals surface area contributed by atoms with E-state index in [0.29, 0.717) is 32.1 Å². The molecule has 1 aromatic heterocycles. The first kappa shape index (κ1) is 18.1. The number of benzene rings is 2. The first-order valence-electron chi connectivity index (χ1n) is 9.89. The van der Waals surface area contributed by atoms with Crippen LogP contribution in [-0.2, 0) is 11.3 Å². The highest BCUT2D eigenvalue weighted by molar-refractivity contribution is 5.85. The fourth-order valence-electron chi connectivity index (χ4n) is 4.59. The van der Waals surface area contributed by atoms with E-state index < -0.39 is 17.0 Å². The molecule has 150 valence electrons. The van der Waals surface area contributed by atoms with Crippen LogP contribution in [0.25, 0.3) is 11.1 Å². The Morgan fingerprint density at radius 3 is 2.79 bits per heavy atom. The molecule has 3 aromatic rings. The third kappa shape index (κ3) is 3.05. The minimum absolute atomic E-state index is 0.00558. The maximum absolute atomic E-state index is 14.1. The molecule has 1 atom stereocenters. The molecule has 2 fully saturated rings. The van der Waals surface area contributed by atoms with Gasteiger partial charge in [0, 0.05) is 31.7 Å². The van der Waals surface area contributed by atoms with Gasteiger partial charge in [0.15, 0.2) is 17.2 Å². The smallest absolute Gasteiger partial charge is 0.298 e. The van der Waals surface area contributed by atoms with Gasteiger partial charge in [-0.05, 0) is 37.5 Å². The van der Waals surface area contributed by atoms with Gasteiger partial charge < -0.3 is 14.2 Å². The molecule has 1 unspecified atom stereocenters. The van der Waals surface area contributed by atoms with Gasteiger partial charge in [-0.25, -0.2) is 8.78 Å². The molecule has 2 aliphatic heterocycles. The van der Waals surface area contributed by atoms with Gasteiger partial charge in [-0.2, -0.15) is 4.98 Å². The van der Waals surface area contributed by atoms with Gasteiger partial charge in [-0.15, -0.1) is 0 Å². The number of hydrogen-bond acceptors (Lipinski definition) is 4. The van der Waals surface area contributed by atoms with Gasteiger partial charge in [-0.1, -0.05) is 24.3 Å². The first-order valence-corrected chi connectivity index (χ1v) is 9.89. The minimum Gasteiger partial charge on any atom is -0.423 e. The van der Waals surface area contributed by atoms with E-state index in [2.05, 4.69) is 4.98 Å². The lowest BCUT2D eigenvalue weighted by molar-refractivity contribution is -0.145. The number of para-hydroxylation sites is 2. The zero-order valence-corrected chi connectivity index (χ0v) is 15.9. The van der Waals surface area contributed by atoms with Crippen molar-refractivity contribution in [2.45, 2.75) is 25.8 Å². The fourth-order valence-corrected chi connectivity index (χ4v) is 4.59. The zero-order valence-electron chi connectivity index (χ0n) is 15.9. The predicted molar refractivity (Wildman–Crippen MR) is 104 cm³/mol. The van der Waals surface area contributed by atoms with Crippen LogP contribution in [0.1, 0.15) is 24.8 Å². The number of halogens is 2. The Labute approximate surface area is 166 Å². The Balaban J connectivity index is 1.36. The monoisotopic (exact) mass is 397 g/mol. The molecule has 1 amide bonds. The number of likely N-dealkylation sites (tertiary alicyclic amines) is 1. The quantitative estimate of drug-likeness (QED) is 0.667. The summed E-state index contributed by atoms with van der Waals surface area (Å²) in [6.45, 7) is 1.86. The van der Waals surface area contributed by atoms with Gasteiger partial charge in [0.05, 0.1) is 5.41 Å². The number of carbonyl (C=O) groups excluding carboxylic acids is 1. The second-order valence-electron chi connectivity index (χ2n) is 7.96. The van der Waals surface area contributed by atoms with E-state index in [4.69, 9.17) is 4.42 Å². The molecule has 0 aliphatic carbocycles. The number of oxazole rings is 1. The Hall–Kier alpha value is -2.96. The predicted octanol–water partition coefficient (Wildman–Crippen LogP) is 4.13. The second-order valence-corrected chi connectivity index (χ2v) is 7.96. The number of fused-ring (bicyclic) bond motifs is 1. The molecule has 0 radical (unpaired) electrons. The summed E-state index contributed by atoms with van der Waals surface area (Å²) in [5.74, 6) is -1.75. The average molecular weight is 397 g/mol. The second kappa shape index (κ2) is 6.83. The highest BCUT2D eigenvalue weighted by atomic mass is 19.2. The third-order valence-electron chi connectivity index (χ3n) is 6.12. The molecule has 29 heavy (non-hydrogen) atoms. The summed E-state index contributed by atoms with van der Waals surface area (Å²) in [5, 5.41) is 0. The van der Waals surface area contributed by atoms with Crippen LogP contribution in [0.2, 0.25) is 0 Å². The summed E-state index contributed by atoms with van der Waals surface area (Å²) in [6, 6.07) is 12.2. The molecule has 0 bridgehead atoms. The lowest BCUT2D eigenvalue weighted by atomic mass is 9.78. The first-order chi connectivity index (χ1) is 14.1. The van der Waals surface area contributed by atoms with Crippen LogP contribution in [0, 0.1) is 17.0 Å².